The van der Waals surface area contributed by atoms with Crippen LogP contribution in [-0.2, 0) is 0 Å². The molecule has 0 saturated heterocycles. The lowest BCUT2D eigenvalue weighted by Gasteiger charge is -2.33. The van der Waals surface area contributed by atoms with E-state index in [9.17, 15) is 10.1 Å². The Morgan fingerprint density at radius 2 is 2.11 bits per heavy atom. The number of nitro benzene ring substituents is 1. The highest BCUT2D eigenvalue weighted by Gasteiger charge is 2.27. The van der Waals surface area contributed by atoms with E-state index in [0.29, 0.717) is 11.6 Å². The third-order valence-corrected chi connectivity index (χ3v) is 4.02. The first-order valence-electron chi connectivity index (χ1n) is 6.78. The summed E-state index contributed by atoms with van der Waals surface area (Å²) in [7, 11) is 0. The van der Waals surface area contributed by atoms with Crippen molar-refractivity contribution in [1.82, 2.24) is 0 Å². The predicted molar refractivity (Wildman–Crippen MR) is 77.1 cm³/mol. The van der Waals surface area contributed by atoms with Crippen LogP contribution < -0.4 is 11.1 Å². The second-order valence-electron chi connectivity index (χ2n) is 5.65. The highest BCUT2D eigenvalue weighted by molar-refractivity contribution is 5.74. The van der Waals surface area contributed by atoms with Gasteiger partial charge in [0.1, 0.15) is 11.4 Å². The fraction of sp³-hybridized carbons (Fsp3) is 0.571. The fourth-order valence-electron chi connectivity index (χ4n) is 2.96. The Morgan fingerprint density at radius 3 is 2.74 bits per heavy atom. The predicted octanol–water partition coefficient (Wildman–Crippen LogP) is 3.41. The number of nitro groups is 1. The Hall–Kier alpha value is -1.78. The number of benzene rings is 1. The van der Waals surface area contributed by atoms with E-state index in [1.165, 1.54) is 0 Å². The van der Waals surface area contributed by atoms with E-state index in [-0.39, 0.29) is 17.4 Å². The molecule has 5 heteroatoms. The molecular weight excluding hydrogens is 242 g/mol. The third kappa shape index (κ3) is 2.97. The van der Waals surface area contributed by atoms with Crippen LogP contribution in [-0.4, -0.2) is 11.0 Å². The SMILES string of the molecule is CC1CCC(Nc2cccc(N)c2[N+](=O)[O-])C(C)C1. The van der Waals surface area contributed by atoms with Crippen molar-refractivity contribution in [2.24, 2.45) is 11.8 Å². The van der Waals surface area contributed by atoms with E-state index in [4.69, 9.17) is 5.73 Å². The van der Waals surface area contributed by atoms with Crippen molar-refractivity contribution in [2.75, 3.05) is 11.1 Å². The number of hydrogen-bond donors (Lipinski definition) is 2. The summed E-state index contributed by atoms with van der Waals surface area (Å²) in [4.78, 5) is 10.7. The van der Waals surface area contributed by atoms with Gasteiger partial charge in [-0.25, -0.2) is 0 Å². The van der Waals surface area contributed by atoms with Crippen molar-refractivity contribution in [2.45, 2.75) is 39.2 Å². The highest BCUT2D eigenvalue weighted by atomic mass is 16.6. The molecule has 1 aromatic carbocycles. The normalized spacial score (nSPS) is 26.9. The van der Waals surface area contributed by atoms with Crippen LogP contribution in [0.4, 0.5) is 17.1 Å². The molecule has 0 radical (unpaired) electrons. The number of nitrogens with one attached hydrogen (secondary N) is 1. The van der Waals surface area contributed by atoms with Gasteiger partial charge in [0.2, 0.25) is 0 Å². The van der Waals surface area contributed by atoms with Gasteiger partial charge in [-0.15, -0.1) is 0 Å². The number of nitrogen functional groups attached to an aromatic ring is 1. The minimum atomic E-state index is -0.409. The third-order valence-electron chi connectivity index (χ3n) is 4.02. The number of nitrogens with zero attached hydrogens (tertiary/aromatic N) is 1. The molecule has 3 unspecified atom stereocenters. The summed E-state index contributed by atoms with van der Waals surface area (Å²) in [6.07, 6.45) is 3.38. The van der Waals surface area contributed by atoms with Gasteiger partial charge in [0.05, 0.1) is 4.92 Å². The Morgan fingerprint density at radius 1 is 1.37 bits per heavy atom. The summed E-state index contributed by atoms with van der Waals surface area (Å²) in [5, 5.41) is 14.4. The Labute approximate surface area is 113 Å². The minimum Gasteiger partial charge on any atom is -0.393 e. The van der Waals surface area contributed by atoms with E-state index >= 15 is 0 Å². The van der Waals surface area contributed by atoms with E-state index in [1.807, 2.05) is 0 Å². The molecular formula is C14H21N3O2. The van der Waals surface area contributed by atoms with Crippen LogP contribution >= 0.6 is 0 Å². The summed E-state index contributed by atoms with van der Waals surface area (Å²) < 4.78 is 0. The summed E-state index contributed by atoms with van der Waals surface area (Å²) in [5.74, 6) is 1.26. The van der Waals surface area contributed by atoms with Gasteiger partial charge in [0.15, 0.2) is 0 Å². The molecule has 0 aliphatic heterocycles. The van der Waals surface area contributed by atoms with Crippen LogP contribution in [0, 0.1) is 22.0 Å². The van der Waals surface area contributed by atoms with Crippen LogP contribution in [0.1, 0.15) is 33.1 Å². The molecule has 104 valence electrons. The first-order valence-corrected chi connectivity index (χ1v) is 6.78. The summed E-state index contributed by atoms with van der Waals surface area (Å²) >= 11 is 0. The van der Waals surface area contributed by atoms with Gasteiger partial charge in [0.25, 0.3) is 0 Å². The molecule has 0 bridgehead atoms. The van der Waals surface area contributed by atoms with Crippen molar-refractivity contribution in [1.29, 1.82) is 0 Å². The van der Waals surface area contributed by atoms with Gasteiger partial charge in [-0.05, 0) is 43.2 Å². The summed E-state index contributed by atoms with van der Waals surface area (Å²) in [6.45, 7) is 4.46. The molecule has 2 rings (SSSR count). The van der Waals surface area contributed by atoms with E-state index in [0.717, 1.165) is 25.2 Å². The van der Waals surface area contributed by atoms with E-state index < -0.39 is 4.92 Å². The first kappa shape index (κ1) is 13.6. The summed E-state index contributed by atoms with van der Waals surface area (Å²) in [6, 6.07) is 5.34. The zero-order valence-corrected chi connectivity index (χ0v) is 11.4. The van der Waals surface area contributed by atoms with Gasteiger partial charge in [-0.1, -0.05) is 19.9 Å². The van der Waals surface area contributed by atoms with Crippen LogP contribution in [0.2, 0.25) is 0 Å². The maximum absolute atomic E-state index is 11.1. The molecule has 0 heterocycles. The monoisotopic (exact) mass is 263 g/mol. The van der Waals surface area contributed by atoms with Gasteiger partial charge in [-0.2, -0.15) is 0 Å². The molecule has 0 amide bonds. The lowest BCUT2D eigenvalue weighted by Crippen LogP contribution is -2.33. The molecule has 3 N–H and O–H groups in total. The topological polar surface area (TPSA) is 81.2 Å². The molecule has 3 atom stereocenters. The highest BCUT2D eigenvalue weighted by Crippen LogP contribution is 2.35. The largest absolute Gasteiger partial charge is 0.393 e. The van der Waals surface area contributed by atoms with Gasteiger partial charge >= 0.3 is 5.69 Å². The molecule has 1 aromatic rings. The lowest BCUT2D eigenvalue weighted by atomic mass is 9.80. The Bertz CT molecular complexity index is 476. The fourth-order valence-corrected chi connectivity index (χ4v) is 2.96. The van der Waals surface area contributed by atoms with Crippen LogP contribution in [0.5, 0.6) is 0 Å². The van der Waals surface area contributed by atoms with Gasteiger partial charge in [-0.3, -0.25) is 10.1 Å². The second kappa shape index (κ2) is 5.47. The maximum atomic E-state index is 11.1. The van der Waals surface area contributed by atoms with Gasteiger partial charge < -0.3 is 11.1 Å². The molecule has 1 fully saturated rings. The minimum absolute atomic E-state index is 0.00618. The van der Waals surface area contributed by atoms with Crippen molar-refractivity contribution < 1.29 is 4.92 Å². The Balaban J connectivity index is 2.19. The van der Waals surface area contributed by atoms with E-state index in [2.05, 4.69) is 19.2 Å². The van der Waals surface area contributed by atoms with Crippen LogP contribution in [0.3, 0.4) is 0 Å². The van der Waals surface area contributed by atoms with Gasteiger partial charge in [0, 0.05) is 6.04 Å². The molecule has 0 aromatic heterocycles. The molecule has 1 aliphatic rings. The lowest BCUT2D eigenvalue weighted by molar-refractivity contribution is -0.383. The van der Waals surface area contributed by atoms with E-state index in [1.54, 1.807) is 18.2 Å². The molecule has 19 heavy (non-hydrogen) atoms. The number of anilines is 2. The average molecular weight is 263 g/mol. The number of hydrogen-bond acceptors (Lipinski definition) is 4. The number of nitrogens with two attached hydrogens (primary N) is 1. The van der Waals surface area contributed by atoms with Crippen molar-refractivity contribution >= 4 is 17.1 Å². The number of rotatable bonds is 3. The molecule has 5 nitrogen and oxygen atoms in total. The quantitative estimate of drug-likeness (QED) is 0.497. The van der Waals surface area contributed by atoms with Crippen LogP contribution in [0.15, 0.2) is 18.2 Å². The number of para-hydroxylation sites is 1. The second-order valence-corrected chi connectivity index (χ2v) is 5.65. The molecule has 1 aliphatic carbocycles. The van der Waals surface area contributed by atoms with Crippen molar-refractivity contribution in [3.05, 3.63) is 28.3 Å². The van der Waals surface area contributed by atoms with Crippen molar-refractivity contribution in [3.63, 3.8) is 0 Å². The Kier molecular flexibility index (Phi) is 3.93. The van der Waals surface area contributed by atoms with Crippen LogP contribution in [0.25, 0.3) is 0 Å². The maximum Gasteiger partial charge on any atom is 0.314 e. The molecule has 1 saturated carbocycles. The summed E-state index contributed by atoms with van der Waals surface area (Å²) in [5.41, 5.74) is 6.45. The average Bonchev–Trinajstić information content (AvgIpc) is 2.32. The zero-order chi connectivity index (χ0) is 14.0. The standard InChI is InChI=1S/C14H21N3O2/c1-9-6-7-12(10(2)8-9)16-13-5-3-4-11(15)14(13)17(18)19/h3-5,9-10,12,16H,6-8,15H2,1-2H3. The smallest absolute Gasteiger partial charge is 0.314 e. The molecule has 0 spiro atoms. The van der Waals surface area contributed by atoms with Crippen molar-refractivity contribution in [3.8, 4) is 0 Å². The first-order chi connectivity index (χ1) is 8.99. The zero-order valence-electron chi connectivity index (χ0n) is 11.4.